The van der Waals surface area contributed by atoms with Crippen LogP contribution in [0.2, 0.25) is 0 Å². The summed E-state index contributed by atoms with van der Waals surface area (Å²) in [5, 5.41) is 2.95. The molecule has 1 fully saturated rings. The quantitative estimate of drug-likeness (QED) is 0.632. The lowest BCUT2D eigenvalue weighted by Gasteiger charge is -2.20. The number of fused-ring (bicyclic) bond motifs is 1. The molecule has 0 radical (unpaired) electrons. The highest BCUT2D eigenvalue weighted by Crippen LogP contribution is 2.42. The summed E-state index contributed by atoms with van der Waals surface area (Å²) in [4.78, 5) is 27.6. The van der Waals surface area contributed by atoms with Gasteiger partial charge in [0, 0.05) is 43.1 Å². The van der Waals surface area contributed by atoms with Crippen LogP contribution in [0.25, 0.3) is 0 Å². The summed E-state index contributed by atoms with van der Waals surface area (Å²) in [5.74, 6) is 1.70. The fourth-order valence-corrected chi connectivity index (χ4v) is 4.40. The van der Waals surface area contributed by atoms with Crippen LogP contribution in [-0.2, 0) is 16.0 Å². The van der Waals surface area contributed by atoms with Crippen LogP contribution in [0.4, 0.5) is 11.4 Å². The number of hydrogen-bond acceptors (Lipinski definition) is 7. The van der Waals surface area contributed by atoms with Crippen LogP contribution >= 0.6 is 0 Å². The fourth-order valence-electron chi connectivity index (χ4n) is 4.40. The number of carbonyl (C=O) groups excluding carboxylic acids is 2. The summed E-state index contributed by atoms with van der Waals surface area (Å²) in [5.41, 5.74) is 2.17. The van der Waals surface area contributed by atoms with Crippen molar-refractivity contribution in [2.75, 3.05) is 44.7 Å². The number of rotatable bonds is 8. The first-order chi connectivity index (χ1) is 16.4. The Kier molecular flexibility index (Phi) is 6.72. The maximum absolute atomic E-state index is 13.1. The van der Waals surface area contributed by atoms with Crippen molar-refractivity contribution in [2.24, 2.45) is 5.92 Å². The molecule has 0 saturated carbocycles. The van der Waals surface area contributed by atoms with Gasteiger partial charge >= 0.3 is 0 Å². The smallest absolute Gasteiger partial charge is 0.229 e. The van der Waals surface area contributed by atoms with E-state index in [0.717, 1.165) is 17.7 Å². The van der Waals surface area contributed by atoms with Crippen LogP contribution < -0.4 is 33.9 Å². The van der Waals surface area contributed by atoms with Gasteiger partial charge in [0.25, 0.3) is 0 Å². The molecule has 2 amide bonds. The summed E-state index contributed by atoms with van der Waals surface area (Å²) in [7, 11) is 4.54. The standard InChI is InChI=1S/C25H30N2O7/c1-6-33-20-8-15-7-14(2)34-19(15)12-18(20)26-25(29)16-9-23(28)27(13-16)17-10-21(30-3)24(32-5)22(11-17)31-4/h8,10-12,14,16H,6-7,9,13H2,1-5H3,(H,26,29). The van der Waals surface area contributed by atoms with Gasteiger partial charge in [0.2, 0.25) is 17.6 Å². The maximum Gasteiger partial charge on any atom is 0.229 e. The highest BCUT2D eigenvalue weighted by molar-refractivity contribution is 6.04. The molecule has 2 aliphatic heterocycles. The molecule has 34 heavy (non-hydrogen) atoms. The number of methoxy groups -OCH3 is 3. The van der Waals surface area contributed by atoms with Crippen molar-refractivity contribution in [1.29, 1.82) is 0 Å². The van der Waals surface area contributed by atoms with Gasteiger partial charge in [0.1, 0.15) is 17.6 Å². The van der Waals surface area contributed by atoms with E-state index in [4.69, 9.17) is 23.7 Å². The van der Waals surface area contributed by atoms with Gasteiger partial charge in [-0.2, -0.15) is 0 Å². The number of nitrogens with zero attached hydrogens (tertiary/aromatic N) is 1. The van der Waals surface area contributed by atoms with Crippen LogP contribution in [0.5, 0.6) is 28.7 Å². The topological polar surface area (TPSA) is 95.6 Å². The van der Waals surface area contributed by atoms with Crippen molar-refractivity contribution in [3.63, 3.8) is 0 Å². The normalized spacial score (nSPS) is 18.9. The van der Waals surface area contributed by atoms with Crippen molar-refractivity contribution >= 4 is 23.2 Å². The zero-order valence-electron chi connectivity index (χ0n) is 20.1. The number of benzene rings is 2. The van der Waals surface area contributed by atoms with Gasteiger partial charge in [0.05, 0.1) is 45.2 Å². The Bertz CT molecular complexity index is 1080. The maximum atomic E-state index is 13.1. The zero-order valence-corrected chi connectivity index (χ0v) is 20.1. The highest BCUT2D eigenvalue weighted by Gasteiger charge is 2.36. The van der Waals surface area contributed by atoms with Gasteiger partial charge in [-0.15, -0.1) is 0 Å². The minimum atomic E-state index is -0.533. The zero-order chi connectivity index (χ0) is 24.4. The Hall–Kier alpha value is -3.62. The molecule has 2 unspecified atom stereocenters. The molecule has 2 heterocycles. The number of nitrogens with one attached hydrogen (secondary N) is 1. The molecule has 2 aromatic rings. The van der Waals surface area contributed by atoms with E-state index in [1.54, 1.807) is 23.1 Å². The van der Waals surface area contributed by atoms with Crippen molar-refractivity contribution in [3.8, 4) is 28.7 Å². The first-order valence-corrected chi connectivity index (χ1v) is 11.3. The number of carbonyl (C=O) groups is 2. The van der Waals surface area contributed by atoms with E-state index in [0.29, 0.717) is 41.0 Å². The van der Waals surface area contributed by atoms with E-state index >= 15 is 0 Å². The molecular weight excluding hydrogens is 440 g/mol. The third-order valence-corrected chi connectivity index (χ3v) is 6.01. The van der Waals surface area contributed by atoms with Crippen LogP contribution in [0, 0.1) is 5.92 Å². The van der Waals surface area contributed by atoms with E-state index in [9.17, 15) is 9.59 Å². The summed E-state index contributed by atoms with van der Waals surface area (Å²) in [6, 6.07) is 7.12. The predicted molar refractivity (Wildman–Crippen MR) is 127 cm³/mol. The molecule has 2 aliphatic rings. The second-order valence-corrected chi connectivity index (χ2v) is 8.30. The van der Waals surface area contributed by atoms with Crippen LogP contribution in [0.3, 0.4) is 0 Å². The number of hydrogen-bond donors (Lipinski definition) is 1. The fraction of sp³-hybridized carbons (Fsp3) is 0.440. The molecule has 0 aliphatic carbocycles. The molecule has 9 heteroatoms. The molecule has 9 nitrogen and oxygen atoms in total. The highest BCUT2D eigenvalue weighted by atomic mass is 16.5. The first kappa shape index (κ1) is 23.5. The second-order valence-electron chi connectivity index (χ2n) is 8.30. The molecule has 2 atom stereocenters. The Balaban J connectivity index is 1.54. The van der Waals surface area contributed by atoms with Crippen molar-refractivity contribution in [2.45, 2.75) is 32.8 Å². The van der Waals surface area contributed by atoms with Gasteiger partial charge in [-0.05, 0) is 19.9 Å². The molecule has 0 aromatic heterocycles. The lowest BCUT2D eigenvalue weighted by atomic mass is 10.1. The Morgan fingerprint density at radius 3 is 2.38 bits per heavy atom. The lowest BCUT2D eigenvalue weighted by Crippen LogP contribution is -2.28. The predicted octanol–water partition coefficient (Wildman–Crippen LogP) is 3.43. The SMILES string of the molecule is CCOc1cc2c(cc1NC(=O)C1CC(=O)N(c3cc(OC)c(OC)c(OC)c3)C1)OC(C)C2. The van der Waals surface area contributed by atoms with E-state index in [-0.39, 0.29) is 30.9 Å². The Labute approximate surface area is 198 Å². The molecule has 1 saturated heterocycles. The Morgan fingerprint density at radius 2 is 1.76 bits per heavy atom. The van der Waals surface area contributed by atoms with E-state index < -0.39 is 5.92 Å². The number of anilines is 2. The van der Waals surface area contributed by atoms with Crippen molar-refractivity contribution in [3.05, 3.63) is 29.8 Å². The molecule has 1 N–H and O–H groups in total. The Morgan fingerprint density at radius 1 is 1.06 bits per heavy atom. The minimum Gasteiger partial charge on any atom is -0.493 e. The summed E-state index contributed by atoms with van der Waals surface area (Å²) >= 11 is 0. The van der Waals surface area contributed by atoms with Crippen molar-refractivity contribution in [1.82, 2.24) is 0 Å². The third kappa shape index (κ3) is 4.42. The van der Waals surface area contributed by atoms with Gasteiger partial charge in [-0.3, -0.25) is 9.59 Å². The average molecular weight is 471 g/mol. The van der Waals surface area contributed by atoms with E-state index in [1.165, 1.54) is 21.3 Å². The molecule has 0 bridgehead atoms. The average Bonchev–Trinajstić information content (AvgIpc) is 3.39. The van der Waals surface area contributed by atoms with Crippen molar-refractivity contribution < 1.29 is 33.3 Å². The molecule has 182 valence electrons. The lowest BCUT2D eigenvalue weighted by molar-refractivity contribution is -0.122. The third-order valence-electron chi connectivity index (χ3n) is 6.01. The van der Waals surface area contributed by atoms with Crippen LogP contribution in [0.1, 0.15) is 25.8 Å². The summed E-state index contributed by atoms with van der Waals surface area (Å²) in [6.45, 7) is 4.59. The first-order valence-electron chi connectivity index (χ1n) is 11.3. The van der Waals surface area contributed by atoms with Gasteiger partial charge in [-0.25, -0.2) is 0 Å². The number of ether oxygens (including phenoxy) is 5. The van der Waals surface area contributed by atoms with Crippen LogP contribution in [0.15, 0.2) is 24.3 Å². The summed E-state index contributed by atoms with van der Waals surface area (Å²) < 4.78 is 27.8. The van der Waals surface area contributed by atoms with Crippen LogP contribution in [-0.4, -0.2) is 52.4 Å². The van der Waals surface area contributed by atoms with Gasteiger partial charge in [-0.1, -0.05) is 0 Å². The second kappa shape index (κ2) is 9.70. The van der Waals surface area contributed by atoms with E-state index in [1.807, 2.05) is 19.9 Å². The van der Waals surface area contributed by atoms with Gasteiger partial charge < -0.3 is 33.9 Å². The van der Waals surface area contributed by atoms with E-state index in [2.05, 4.69) is 5.32 Å². The summed E-state index contributed by atoms with van der Waals surface area (Å²) in [6.07, 6.45) is 0.963. The molecular formula is C25H30N2O7. The van der Waals surface area contributed by atoms with Gasteiger partial charge in [0.15, 0.2) is 11.5 Å². The molecule has 0 spiro atoms. The monoisotopic (exact) mass is 470 g/mol. The number of amides is 2. The molecule has 2 aromatic carbocycles. The largest absolute Gasteiger partial charge is 0.493 e. The minimum absolute atomic E-state index is 0.0786. The molecule has 4 rings (SSSR count).